The Bertz CT molecular complexity index is 1970. The minimum absolute atomic E-state index is 0.00213. The minimum Gasteiger partial charge on any atom is -0.460 e. The molecule has 0 aromatic heterocycles. The van der Waals surface area contributed by atoms with Gasteiger partial charge < -0.3 is 118 Å². The Balaban J connectivity index is 1.05. The number of allylic oxidation sites excluding steroid dienone is 2. The van der Waals surface area contributed by atoms with Gasteiger partial charge in [-0.3, -0.25) is 0 Å². The molecule has 0 bridgehead atoms. The Labute approximate surface area is 457 Å². The van der Waals surface area contributed by atoms with Gasteiger partial charge >= 0.3 is 11.9 Å². The van der Waals surface area contributed by atoms with Crippen molar-refractivity contribution in [3.05, 3.63) is 24.3 Å². The molecule has 4 aliphatic carbocycles. The second kappa shape index (κ2) is 28.4. The van der Waals surface area contributed by atoms with E-state index in [1.807, 2.05) is 0 Å². The number of ether oxygens (including phenoxy) is 11. The standard InChI is InChI=1S/C53H84O26/c1-69-33-15-23(3-11-29(33)58)5-13-39(60)71-22-38-42(63)45(66)50(79-52-47(68)49(43(64)37(21-55)76-52)78-40(61)14-6-24-4-12-30(59)34(16-24)70-2)53(77-38)74-35-19-28-31(72-48(35)25-7-9-26(56)10-8-25)17-27(57)18-32(28)73-51-46(67)44(65)41(62)36(20-54)75-51/h5-6,13-14,23-38,41-59,62-68H,3-4,7-12,15-22H2,1-2H3/p+1. The third-order valence-electron chi connectivity index (χ3n) is 17.5. The summed E-state index contributed by atoms with van der Waals surface area (Å²) in [7, 11) is 2.96. The lowest BCUT2D eigenvalue weighted by atomic mass is 9.73. The summed E-state index contributed by atoms with van der Waals surface area (Å²) in [5.74, 6) is -2.90. The quantitative estimate of drug-likeness (QED) is 0.0351. The molecule has 4 saturated heterocycles. The van der Waals surface area contributed by atoms with E-state index in [1.54, 1.807) is 12.2 Å². The number of carbonyl (C=O) groups is 2. The fraction of sp³-hybridized carbons (Fsp3) is 0.887. The van der Waals surface area contributed by atoms with Crippen molar-refractivity contribution >= 4 is 11.9 Å². The van der Waals surface area contributed by atoms with Crippen LogP contribution in [0.3, 0.4) is 0 Å². The number of aliphatic hydroxyl groups excluding tert-OH is 13. The van der Waals surface area contributed by atoms with Crippen molar-refractivity contribution in [1.82, 2.24) is 0 Å². The van der Waals surface area contributed by atoms with Gasteiger partial charge in [0, 0.05) is 45.1 Å². The number of esters is 2. The van der Waals surface area contributed by atoms with Gasteiger partial charge in [0.2, 0.25) is 0 Å². The van der Waals surface area contributed by atoms with Crippen LogP contribution in [0.4, 0.5) is 0 Å². The fourth-order valence-electron chi connectivity index (χ4n) is 12.8. The molecule has 8 aliphatic rings. The molecule has 27 unspecified atom stereocenters. The zero-order valence-electron chi connectivity index (χ0n) is 44.5. The molecule has 4 aliphatic heterocycles. The molecule has 0 spiro atoms. The molecule has 8 fully saturated rings. The van der Waals surface area contributed by atoms with Gasteiger partial charge in [0.15, 0.2) is 37.2 Å². The highest BCUT2D eigenvalue weighted by Gasteiger charge is 2.58. The molecule has 0 amide bonds. The van der Waals surface area contributed by atoms with Gasteiger partial charge in [0.25, 0.3) is 0 Å². The minimum atomic E-state index is -2.01. The second-order valence-corrected chi connectivity index (χ2v) is 22.8. The summed E-state index contributed by atoms with van der Waals surface area (Å²) in [6.45, 7) is -2.21. The summed E-state index contributed by atoms with van der Waals surface area (Å²) in [6.07, 6.45) is -22.3. The number of hydrogen-bond donors (Lipinski definition) is 13. The van der Waals surface area contributed by atoms with Gasteiger partial charge in [-0.1, -0.05) is 12.2 Å². The van der Waals surface area contributed by atoms with Crippen LogP contribution in [0.2, 0.25) is 0 Å². The van der Waals surface area contributed by atoms with Gasteiger partial charge in [0.05, 0.1) is 61.9 Å². The monoisotopic (exact) mass is 1140 g/mol. The largest absolute Gasteiger partial charge is 0.460 e. The average Bonchev–Trinajstić information content (AvgIpc) is 3.58. The molecule has 8 rings (SSSR count). The first-order valence-electron chi connectivity index (χ1n) is 27.9. The molecule has 4 heterocycles. The predicted molar refractivity (Wildman–Crippen MR) is 265 cm³/mol. The molecule has 4 saturated carbocycles. The van der Waals surface area contributed by atoms with Crippen LogP contribution in [-0.2, 0) is 57.0 Å². The lowest BCUT2D eigenvalue weighted by Crippen LogP contribution is -2.66. The van der Waals surface area contributed by atoms with E-state index in [4.69, 9.17) is 52.1 Å². The molecule has 79 heavy (non-hydrogen) atoms. The lowest BCUT2D eigenvalue weighted by molar-refractivity contribution is -0.389. The summed E-state index contributed by atoms with van der Waals surface area (Å²) in [4.78, 5) is 26.5. The van der Waals surface area contributed by atoms with Crippen LogP contribution in [-0.4, -0.2) is 270 Å². The maximum absolute atomic E-state index is 13.3. The Morgan fingerprint density at radius 2 is 1.06 bits per heavy atom. The summed E-state index contributed by atoms with van der Waals surface area (Å²) in [5.41, 5.74) is 0. The lowest BCUT2D eigenvalue weighted by Gasteiger charge is -2.50. The van der Waals surface area contributed by atoms with Crippen molar-refractivity contribution in [2.75, 3.05) is 34.0 Å². The SMILES string of the molecule is COC1CC(C=CC(=O)OCC2OC(OC3CC4C(OC5OC(CO)C(O)C(O)C5O)CC(O)CC4[OH+]C3C3CCC(O)CC3)C(OC3OC(CO)C(O)C(OC(=O)C=CC4CCC(O)C(OC)C4)C3O)C(O)C2O)CCC1O. The highest BCUT2D eigenvalue weighted by molar-refractivity contribution is 5.82. The smallest absolute Gasteiger partial charge is 0.330 e. The zero-order chi connectivity index (χ0) is 56.8. The number of carbonyl (C=O) groups excluding carboxylic acids is 2. The Morgan fingerprint density at radius 1 is 0.506 bits per heavy atom. The van der Waals surface area contributed by atoms with E-state index in [0.29, 0.717) is 64.2 Å². The molecule has 0 aromatic carbocycles. The van der Waals surface area contributed by atoms with E-state index in [9.17, 15) is 76.0 Å². The first kappa shape index (κ1) is 62.6. The molecule has 26 nitrogen and oxygen atoms in total. The molecule has 0 aromatic rings. The molecular formula is C53H85O26+. The van der Waals surface area contributed by atoms with Crippen molar-refractivity contribution in [3.8, 4) is 0 Å². The molecule has 452 valence electrons. The molecule has 14 N–H and O–H groups in total. The summed E-state index contributed by atoms with van der Waals surface area (Å²) in [6, 6.07) is 0. The second-order valence-electron chi connectivity index (χ2n) is 22.8. The third-order valence-corrected chi connectivity index (χ3v) is 17.5. The maximum atomic E-state index is 13.3. The van der Waals surface area contributed by atoms with Gasteiger partial charge in [-0.25, -0.2) is 9.59 Å². The van der Waals surface area contributed by atoms with E-state index in [2.05, 4.69) is 0 Å². The van der Waals surface area contributed by atoms with E-state index >= 15 is 0 Å². The summed E-state index contributed by atoms with van der Waals surface area (Å²) in [5, 5.41) is 141. The topological polar surface area (TPSA) is 402 Å². The zero-order valence-corrected chi connectivity index (χ0v) is 44.5. The highest BCUT2D eigenvalue weighted by atomic mass is 16.8. The molecular weight excluding hydrogens is 1050 g/mol. The van der Waals surface area contributed by atoms with E-state index in [1.165, 1.54) is 20.3 Å². The number of hydrogen-bond acceptors (Lipinski definition) is 25. The van der Waals surface area contributed by atoms with Crippen molar-refractivity contribution in [2.45, 2.75) is 237 Å². The molecule has 27 atom stereocenters. The van der Waals surface area contributed by atoms with Crippen molar-refractivity contribution < 1.29 is 128 Å². The normalized spacial score (nSPS) is 48.1. The predicted octanol–water partition coefficient (Wildman–Crippen LogP) is -4.26. The third kappa shape index (κ3) is 15.1. The van der Waals surface area contributed by atoms with E-state index in [-0.39, 0.29) is 37.0 Å². The van der Waals surface area contributed by atoms with Crippen LogP contribution in [0.5, 0.6) is 0 Å². The molecule has 0 radical (unpaired) electrons. The van der Waals surface area contributed by atoms with Crippen LogP contribution in [0.25, 0.3) is 0 Å². The highest BCUT2D eigenvalue weighted by Crippen LogP contribution is 2.44. The van der Waals surface area contributed by atoms with Gasteiger partial charge in [-0.15, -0.1) is 0 Å². The van der Waals surface area contributed by atoms with Crippen molar-refractivity contribution in [3.63, 3.8) is 0 Å². The Kier molecular flexibility index (Phi) is 22.5. The van der Waals surface area contributed by atoms with Gasteiger partial charge in [0.1, 0.15) is 79.9 Å². The van der Waals surface area contributed by atoms with Crippen LogP contribution in [0, 0.1) is 23.7 Å². The Morgan fingerprint density at radius 3 is 1.67 bits per heavy atom. The first-order valence-corrected chi connectivity index (χ1v) is 27.9. The fourth-order valence-corrected chi connectivity index (χ4v) is 12.8. The van der Waals surface area contributed by atoms with E-state index in [0.717, 1.165) is 6.08 Å². The number of rotatable bonds is 18. The summed E-state index contributed by atoms with van der Waals surface area (Å²) < 4.78 is 64.5. The molecule has 26 heteroatoms. The maximum Gasteiger partial charge on any atom is 0.330 e. The van der Waals surface area contributed by atoms with E-state index < -0.39 is 191 Å². The summed E-state index contributed by atoms with van der Waals surface area (Å²) >= 11 is 0. The number of fused-ring (bicyclic) bond motifs is 1. The van der Waals surface area contributed by atoms with Gasteiger partial charge in [-0.05, 0) is 82.5 Å². The van der Waals surface area contributed by atoms with Crippen LogP contribution in [0.1, 0.15) is 83.5 Å². The van der Waals surface area contributed by atoms with Crippen molar-refractivity contribution in [2.24, 2.45) is 23.7 Å². The van der Waals surface area contributed by atoms with Gasteiger partial charge in [-0.2, -0.15) is 0 Å². The number of methoxy groups -OCH3 is 2. The first-order chi connectivity index (χ1) is 37.8. The van der Waals surface area contributed by atoms with Crippen LogP contribution in [0.15, 0.2) is 24.3 Å². The van der Waals surface area contributed by atoms with Crippen LogP contribution >= 0.6 is 0 Å². The van der Waals surface area contributed by atoms with Crippen molar-refractivity contribution in [1.29, 1.82) is 0 Å². The van der Waals surface area contributed by atoms with Crippen LogP contribution < -0.4 is 0 Å². The Hall–Kier alpha value is -2.46. The average molecular weight is 1140 g/mol. The number of aliphatic hydroxyl groups is 15.